The first-order valence-electron chi connectivity index (χ1n) is 7.09. The fourth-order valence-corrected chi connectivity index (χ4v) is 2.65. The van der Waals surface area contributed by atoms with Gasteiger partial charge >= 0.3 is 0 Å². The molecule has 21 heavy (non-hydrogen) atoms. The van der Waals surface area contributed by atoms with E-state index in [-0.39, 0.29) is 0 Å². The van der Waals surface area contributed by atoms with Crippen molar-refractivity contribution in [1.82, 2.24) is 9.55 Å². The summed E-state index contributed by atoms with van der Waals surface area (Å²) in [7, 11) is 1.70. The number of methoxy groups -OCH3 is 1. The van der Waals surface area contributed by atoms with Crippen LogP contribution in [0, 0.1) is 0 Å². The molecule has 0 bridgehead atoms. The monoisotopic (exact) mass is 281 g/mol. The number of imidazole rings is 1. The third kappa shape index (κ3) is 2.44. The highest BCUT2D eigenvalue weighted by Gasteiger charge is 2.11. The number of nitrogens with zero attached hydrogens (tertiary/aromatic N) is 2. The van der Waals surface area contributed by atoms with Crippen LogP contribution in [0.2, 0.25) is 0 Å². The van der Waals surface area contributed by atoms with E-state index in [0.717, 1.165) is 46.8 Å². The summed E-state index contributed by atoms with van der Waals surface area (Å²) in [6.45, 7) is 2.86. The average molecular weight is 281 g/mol. The number of hydrogen-bond acceptors (Lipinski definition) is 3. The van der Waals surface area contributed by atoms with Crippen LogP contribution in [0.4, 0.5) is 5.69 Å². The molecule has 0 spiro atoms. The fourth-order valence-electron chi connectivity index (χ4n) is 2.65. The number of hydrogen-bond donors (Lipinski definition) is 1. The predicted molar refractivity (Wildman–Crippen MR) is 85.6 cm³/mol. The largest absolute Gasteiger partial charge is 0.496 e. The second kappa shape index (κ2) is 5.48. The van der Waals surface area contributed by atoms with Crippen molar-refractivity contribution in [3.63, 3.8) is 0 Å². The first-order chi connectivity index (χ1) is 10.2. The Morgan fingerprint density at radius 2 is 2.00 bits per heavy atom. The van der Waals surface area contributed by atoms with Gasteiger partial charge in [-0.2, -0.15) is 0 Å². The lowest BCUT2D eigenvalue weighted by Crippen LogP contribution is -2.05. The lowest BCUT2D eigenvalue weighted by molar-refractivity contribution is 0.408. The lowest BCUT2D eigenvalue weighted by Gasteiger charge is -2.12. The van der Waals surface area contributed by atoms with Gasteiger partial charge < -0.3 is 15.0 Å². The normalized spacial score (nSPS) is 11.0. The highest BCUT2D eigenvalue weighted by molar-refractivity contribution is 5.79. The van der Waals surface area contributed by atoms with E-state index in [1.54, 1.807) is 7.11 Å². The Hall–Kier alpha value is -2.49. The summed E-state index contributed by atoms with van der Waals surface area (Å²) in [5, 5.41) is 0. The van der Waals surface area contributed by atoms with Gasteiger partial charge in [0, 0.05) is 17.7 Å². The van der Waals surface area contributed by atoms with E-state index >= 15 is 0 Å². The lowest BCUT2D eigenvalue weighted by atomic mass is 10.2. The Labute approximate surface area is 124 Å². The van der Waals surface area contributed by atoms with Gasteiger partial charge in [-0.05, 0) is 24.3 Å². The summed E-state index contributed by atoms with van der Waals surface area (Å²) in [5.74, 6) is 1.96. The van der Waals surface area contributed by atoms with E-state index in [1.165, 1.54) is 0 Å². The van der Waals surface area contributed by atoms with Crippen molar-refractivity contribution in [3.8, 4) is 5.75 Å². The third-order valence-corrected chi connectivity index (χ3v) is 3.69. The molecule has 2 aromatic carbocycles. The van der Waals surface area contributed by atoms with Gasteiger partial charge in [0.05, 0.1) is 24.7 Å². The molecular formula is C17H19N3O. The van der Waals surface area contributed by atoms with E-state index in [0.29, 0.717) is 0 Å². The van der Waals surface area contributed by atoms with Crippen LogP contribution < -0.4 is 10.5 Å². The van der Waals surface area contributed by atoms with Crippen LogP contribution >= 0.6 is 0 Å². The zero-order chi connectivity index (χ0) is 14.8. The second-order valence-electron chi connectivity index (χ2n) is 5.03. The Morgan fingerprint density at radius 1 is 1.19 bits per heavy atom. The predicted octanol–water partition coefficient (Wildman–Crippen LogP) is 3.24. The van der Waals surface area contributed by atoms with Gasteiger partial charge in [0.15, 0.2) is 0 Å². The molecule has 0 radical (unpaired) electrons. The molecule has 4 nitrogen and oxygen atoms in total. The number of nitrogens with two attached hydrogens (primary N) is 1. The van der Waals surface area contributed by atoms with Gasteiger partial charge in [0.2, 0.25) is 0 Å². The number of ether oxygens (including phenoxy) is 1. The van der Waals surface area contributed by atoms with Crippen LogP contribution in [0.5, 0.6) is 5.75 Å². The Morgan fingerprint density at radius 3 is 2.76 bits per heavy atom. The van der Waals surface area contributed by atoms with Crippen molar-refractivity contribution in [3.05, 3.63) is 53.9 Å². The molecule has 0 saturated heterocycles. The molecule has 0 amide bonds. The number of anilines is 1. The van der Waals surface area contributed by atoms with Crippen LogP contribution in [-0.4, -0.2) is 16.7 Å². The van der Waals surface area contributed by atoms with Crippen LogP contribution in [0.25, 0.3) is 11.0 Å². The van der Waals surface area contributed by atoms with Crippen molar-refractivity contribution in [2.75, 3.05) is 12.8 Å². The van der Waals surface area contributed by atoms with Gasteiger partial charge in [0.25, 0.3) is 0 Å². The van der Waals surface area contributed by atoms with E-state index < -0.39 is 0 Å². The van der Waals surface area contributed by atoms with Crippen LogP contribution in [0.1, 0.15) is 18.3 Å². The molecule has 3 rings (SSSR count). The molecule has 0 unspecified atom stereocenters. The molecule has 0 fully saturated rings. The van der Waals surface area contributed by atoms with Gasteiger partial charge in [-0.15, -0.1) is 0 Å². The maximum atomic E-state index is 5.85. The molecule has 0 aliphatic heterocycles. The maximum absolute atomic E-state index is 5.85. The first-order valence-corrected chi connectivity index (χ1v) is 7.09. The van der Waals surface area contributed by atoms with Crippen LogP contribution in [0.15, 0.2) is 42.5 Å². The molecule has 0 aliphatic carbocycles. The summed E-state index contributed by atoms with van der Waals surface area (Å²) in [5.41, 5.74) is 9.79. The first kappa shape index (κ1) is 13.5. The van der Waals surface area contributed by atoms with E-state index in [4.69, 9.17) is 10.5 Å². The topological polar surface area (TPSA) is 53.1 Å². The number of rotatable bonds is 4. The zero-order valence-corrected chi connectivity index (χ0v) is 12.3. The molecule has 0 saturated carbocycles. The molecular weight excluding hydrogens is 262 g/mol. The quantitative estimate of drug-likeness (QED) is 0.747. The highest BCUT2D eigenvalue weighted by Crippen LogP contribution is 2.24. The van der Waals surface area contributed by atoms with Crippen molar-refractivity contribution < 1.29 is 4.74 Å². The second-order valence-corrected chi connectivity index (χ2v) is 5.03. The van der Waals surface area contributed by atoms with Crippen LogP contribution in [-0.2, 0) is 13.0 Å². The molecule has 108 valence electrons. The zero-order valence-electron chi connectivity index (χ0n) is 12.3. The van der Waals surface area contributed by atoms with Crippen LogP contribution in [0.3, 0.4) is 0 Å². The standard InChI is InChI=1S/C17H19N3O/c1-3-17-19-14-10-13(18)8-9-15(14)20(17)11-12-6-4-5-7-16(12)21-2/h4-10H,3,11,18H2,1-2H3. The molecule has 0 aliphatic rings. The third-order valence-electron chi connectivity index (χ3n) is 3.69. The van der Waals surface area contributed by atoms with Gasteiger partial charge in [0.1, 0.15) is 11.6 Å². The minimum Gasteiger partial charge on any atom is -0.496 e. The number of fused-ring (bicyclic) bond motifs is 1. The molecule has 1 heterocycles. The Kier molecular flexibility index (Phi) is 3.52. The van der Waals surface area contributed by atoms with Crippen molar-refractivity contribution in [2.24, 2.45) is 0 Å². The van der Waals surface area contributed by atoms with Gasteiger partial charge in [-0.1, -0.05) is 25.1 Å². The number of aromatic nitrogens is 2. The number of aryl methyl sites for hydroxylation is 1. The molecule has 1 aromatic heterocycles. The molecule has 0 atom stereocenters. The SMILES string of the molecule is CCc1nc2cc(N)ccc2n1Cc1ccccc1OC. The molecule has 3 aromatic rings. The van der Waals surface area contributed by atoms with E-state index in [2.05, 4.69) is 22.5 Å². The Balaban J connectivity index is 2.11. The van der Waals surface area contributed by atoms with Crippen molar-refractivity contribution >= 4 is 16.7 Å². The van der Waals surface area contributed by atoms with E-state index in [9.17, 15) is 0 Å². The average Bonchev–Trinajstić information content (AvgIpc) is 2.84. The highest BCUT2D eigenvalue weighted by atomic mass is 16.5. The van der Waals surface area contributed by atoms with Gasteiger partial charge in [-0.25, -0.2) is 4.98 Å². The number of benzene rings is 2. The number of nitrogen functional groups attached to an aromatic ring is 1. The van der Waals surface area contributed by atoms with E-state index in [1.807, 2.05) is 36.4 Å². The summed E-state index contributed by atoms with van der Waals surface area (Å²) in [4.78, 5) is 4.69. The molecule has 2 N–H and O–H groups in total. The fraction of sp³-hybridized carbons (Fsp3) is 0.235. The Bertz CT molecular complexity index is 777. The maximum Gasteiger partial charge on any atom is 0.123 e. The minimum atomic E-state index is 0.743. The summed E-state index contributed by atoms with van der Waals surface area (Å²) < 4.78 is 7.67. The van der Waals surface area contributed by atoms with Crippen molar-refractivity contribution in [1.29, 1.82) is 0 Å². The smallest absolute Gasteiger partial charge is 0.123 e. The number of para-hydroxylation sites is 1. The summed E-state index contributed by atoms with van der Waals surface area (Å²) in [6.07, 6.45) is 0.879. The summed E-state index contributed by atoms with van der Waals surface area (Å²) in [6, 6.07) is 14.0. The van der Waals surface area contributed by atoms with Crippen molar-refractivity contribution in [2.45, 2.75) is 19.9 Å². The summed E-state index contributed by atoms with van der Waals surface area (Å²) >= 11 is 0. The van der Waals surface area contributed by atoms with Gasteiger partial charge in [-0.3, -0.25) is 0 Å². The molecule has 4 heteroatoms. The minimum absolute atomic E-state index is 0.743.